The summed E-state index contributed by atoms with van der Waals surface area (Å²) in [7, 11) is 5.48. The first-order valence-corrected chi connectivity index (χ1v) is 25.0. The summed E-state index contributed by atoms with van der Waals surface area (Å²) in [4.78, 5) is 68.9. The average molecular weight is 1010 g/mol. The van der Waals surface area contributed by atoms with Crippen molar-refractivity contribution in [3.8, 4) is 28.4 Å². The molecule has 2 unspecified atom stereocenters. The van der Waals surface area contributed by atoms with Crippen molar-refractivity contribution < 1.29 is 19.1 Å². The zero-order chi connectivity index (χ0) is 51.6. The second kappa shape index (κ2) is 21.3. The number of H-pyrrole nitrogens is 2. The first kappa shape index (κ1) is 49.7. The van der Waals surface area contributed by atoms with Crippen LogP contribution in [0.2, 0.25) is 0 Å². The van der Waals surface area contributed by atoms with E-state index >= 15 is 0 Å². The molecule has 0 saturated carbocycles. The van der Waals surface area contributed by atoms with Gasteiger partial charge in [-0.1, -0.05) is 6.92 Å². The maximum Gasteiger partial charge on any atom is 0.256 e. The van der Waals surface area contributed by atoms with E-state index in [1.165, 1.54) is 0 Å². The number of carbonyl (C=O) groups excluding carboxylic acids is 2. The number of aryl methyl sites for hydroxylation is 5. The van der Waals surface area contributed by atoms with Gasteiger partial charge in [0.15, 0.2) is 11.6 Å². The lowest BCUT2D eigenvalue weighted by Gasteiger charge is -2.36. The third kappa shape index (κ3) is 10.4. The first-order valence-electron chi connectivity index (χ1n) is 25.0. The topological polar surface area (TPSA) is 255 Å². The molecule has 23 nitrogen and oxygen atoms in total. The number of hydrogen-bond acceptors (Lipinski definition) is 17. The van der Waals surface area contributed by atoms with Crippen LogP contribution in [-0.4, -0.2) is 164 Å². The van der Waals surface area contributed by atoms with Crippen molar-refractivity contribution in [1.29, 1.82) is 0 Å². The molecule has 0 spiro atoms. The number of pyridine rings is 2. The summed E-state index contributed by atoms with van der Waals surface area (Å²) in [6, 6.07) is 3.15. The van der Waals surface area contributed by atoms with Gasteiger partial charge >= 0.3 is 0 Å². The molecular formula is C51H63N19O4. The third-order valence-corrected chi connectivity index (χ3v) is 14.0. The first-order chi connectivity index (χ1) is 35.8. The molecule has 386 valence electrons. The molecule has 8 aromatic heterocycles. The number of nitrogens with one attached hydrogen (secondary N) is 6. The molecule has 2 fully saturated rings. The van der Waals surface area contributed by atoms with Gasteiger partial charge in [0, 0.05) is 118 Å². The van der Waals surface area contributed by atoms with Crippen molar-refractivity contribution in [3.63, 3.8) is 0 Å². The zero-order valence-electron chi connectivity index (χ0n) is 43.0. The molecule has 6 N–H and O–H groups in total. The molecule has 8 aromatic rings. The highest BCUT2D eigenvalue weighted by Gasteiger charge is 2.30. The van der Waals surface area contributed by atoms with E-state index in [4.69, 9.17) is 24.5 Å². The van der Waals surface area contributed by atoms with Gasteiger partial charge in [0.2, 0.25) is 23.7 Å². The van der Waals surface area contributed by atoms with E-state index in [0.29, 0.717) is 79.7 Å². The molecule has 2 saturated heterocycles. The number of likely N-dealkylation sites (N-methyl/N-ethyl adjacent to an activating group) is 1. The fourth-order valence-electron chi connectivity index (χ4n) is 9.82. The molecular weight excluding hydrogens is 943 g/mol. The van der Waals surface area contributed by atoms with E-state index in [2.05, 4.69) is 78.0 Å². The summed E-state index contributed by atoms with van der Waals surface area (Å²) in [5.41, 5.74) is 8.60. The van der Waals surface area contributed by atoms with Crippen LogP contribution in [0.15, 0.2) is 61.7 Å². The van der Waals surface area contributed by atoms with Crippen molar-refractivity contribution in [3.05, 3.63) is 78.5 Å². The van der Waals surface area contributed by atoms with Crippen molar-refractivity contribution >= 4 is 68.5 Å². The molecule has 0 radical (unpaired) electrons. The molecule has 2 aliphatic rings. The number of nitrogens with zero attached hydrogens (tertiary/aromatic N) is 13. The molecule has 23 heteroatoms. The van der Waals surface area contributed by atoms with E-state index in [9.17, 15) is 9.59 Å². The molecule has 2 amide bonds. The molecule has 10 heterocycles. The zero-order valence-corrected chi connectivity index (χ0v) is 43.0. The van der Waals surface area contributed by atoms with Gasteiger partial charge in [-0.25, -0.2) is 29.9 Å². The standard InChI is InChI=1S/C51H63N19O4/c1-9-40(68-18-16-66(6)17-19-68)48(72)63-46-44-35(11-14-53-46)37(25-55-44)41-29(2)22-56-50(60-41)58-38-28-70(64-31(38)4)15-12-33-26-69(20-21-74-33)32(5)47(71)62-45-43-34(10-13-52-45)36(24-54-43)42-30(3)23-57-51(61-42)59-39-27-67(7)65-49(39)73-8/h10-11,13-14,22-25,27-28,32-33,40,54-55H,9,12,15-21,26H2,1-8H3,(H,52,62,71)(H,53,63,72)(H,56,58,60)(H,57,59,61)/t32-,33?,40?/m1/s1. The van der Waals surface area contributed by atoms with Crippen molar-refractivity contribution in [1.82, 2.24) is 74.1 Å². The van der Waals surface area contributed by atoms with Crippen LogP contribution in [0.1, 0.15) is 43.5 Å². The predicted octanol–water partition coefficient (Wildman–Crippen LogP) is 5.79. The highest BCUT2D eigenvalue weighted by Crippen LogP contribution is 2.35. The maximum atomic E-state index is 13.9. The Morgan fingerprint density at radius 1 is 0.784 bits per heavy atom. The Morgan fingerprint density at radius 2 is 1.39 bits per heavy atom. The number of amides is 2. The van der Waals surface area contributed by atoms with Gasteiger partial charge < -0.3 is 45.6 Å². The van der Waals surface area contributed by atoms with E-state index in [1.807, 2.05) is 77.1 Å². The van der Waals surface area contributed by atoms with Crippen LogP contribution in [0, 0.1) is 20.8 Å². The number of aromatic amines is 2. The summed E-state index contributed by atoms with van der Waals surface area (Å²) in [6.07, 6.45) is 15.8. The van der Waals surface area contributed by atoms with Gasteiger partial charge in [0.1, 0.15) is 5.69 Å². The Bertz CT molecular complexity index is 3320. The summed E-state index contributed by atoms with van der Waals surface area (Å²) < 4.78 is 15.2. The van der Waals surface area contributed by atoms with Crippen LogP contribution in [-0.2, 0) is 27.9 Å². The molecule has 0 aliphatic carbocycles. The highest BCUT2D eigenvalue weighted by molar-refractivity contribution is 6.06. The smallest absolute Gasteiger partial charge is 0.256 e. The van der Waals surface area contributed by atoms with Gasteiger partial charge in [-0.15, -0.1) is 5.10 Å². The number of ether oxygens (including phenoxy) is 2. The van der Waals surface area contributed by atoms with Gasteiger partial charge in [0.05, 0.1) is 71.9 Å². The van der Waals surface area contributed by atoms with Gasteiger partial charge in [0.25, 0.3) is 5.88 Å². The lowest BCUT2D eigenvalue weighted by Crippen LogP contribution is -2.52. The monoisotopic (exact) mass is 1010 g/mol. The summed E-state index contributed by atoms with van der Waals surface area (Å²) in [5, 5.41) is 23.7. The lowest BCUT2D eigenvalue weighted by molar-refractivity contribution is -0.124. The van der Waals surface area contributed by atoms with Crippen LogP contribution >= 0.6 is 0 Å². The van der Waals surface area contributed by atoms with Crippen LogP contribution in [0.25, 0.3) is 44.3 Å². The number of fused-ring (bicyclic) bond motifs is 2. The maximum absolute atomic E-state index is 13.9. The van der Waals surface area contributed by atoms with Crippen molar-refractivity contribution in [2.24, 2.45) is 7.05 Å². The minimum Gasteiger partial charge on any atom is -0.478 e. The van der Waals surface area contributed by atoms with Gasteiger partial charge in [-0.05, 0) is 70.8 Å². The summed E-state index contributed by atoms with van der Waals surface area (Å²) in [5.74, 6) is 1.93. The predicted molar refractivity (Wildman–Crippen MR) is 283 cm³/mol. The lowest BCUT2D eigenvalue weighted by atomic mass is 10.1. The number of anilines is 6. The minimum atomic E-state index is -0.452. The number of carbonyl (C=O) groups is 2. The quantitative estimate of drug-likeness (QED) is 0.0631. The number of aromatic nitrogens is 12. The van der Waals surface area contributed by atoms with Crippen LogP contribution < -0.4 is 26.0 Å². The number of morpholine rings is 1. The highest BCUT2D eigenvalue weighted by atomic mass is 16.5. The number of methoxy groups -OCH3 is 1. The van der Waals surface area contributed by atoms with Gasteiger partial charge in [-0.2, -0.15) is 5.10 Å². The van der Waals surface area contributed by atoms with Crippen LogP contribution in [0.4, 0.5) is 34.9 Å². The van der Waals surface area contributed by atoms with Crippen LogP contribution in [0.5, 0.6) is 5.88 Å². The fraction of sp³-hybridized carbons (Fsp3) is 0.412. The normalized spacial score (nSPS) is 16.6. The Balaban J connectivity index is 0.755. The number of hydrogen-bond donors (Lipinski definition) is 6. The molecule has 3 atom stereocenters. The van der Waals surface area contributed by atoms with Crippen molar-refractivity contribution in [2.45, 2.75) is 72.2 Å². The Morgan fingerprint density at radius 3 is 2.00 bits per heavy atom. The van der Waals surface area contributed by atoms with E-state index < -0.39 is 6.04 Å². The molecule has 74 heavy (non-hydrogen) atoms. The fourth-order valence-corrected chi connectivity index (χ4v) is 9.82. The van der Waals surface area contributed by atoms with E-state index in [1.54, 1.807) is 42.8 Å². The molecule has 2 aliphatic heterocycles. The second-order valence-corrected chi connectivity index (χ2v) is 19.1. The molecule has 0 aromatic carbocycles. The molecule has 0 bridgehead atoms. The van der Waals surface area contributed by atoms with E-state index in [-0.39, 0.29) is 24.0 Å². The third-order valence-electron chi connectivity index (χ3n) is 14.0. The number of piperazine rings is 1. The SMILES string of the molecule is CCC(C(=O)Nc1nccc2c(-c3nc(Nc4cn(CCC5CN([C@H](C)C(=O)Nc6nccc7c(-c8nc(Nc9cn(C)nc9OC)ncc8C)c[nH]c67)CCO5)nc4C)ncc3C)c[nH]c12)N1CCN(C)CC1. The largest absolute Gasteiger partial charge is 0.478 e. The number of rotatable bonds is 17. The molecule has 10 rings (SSSR count). The Labute approximate surface area is 427 Å². The average Bonchev–Trinajstić information content (AvgIpc) is 4.20. The van der Waals surface area contributed by atoms with Crippen molar-refractivity contribution in [2.75, 3.05) is 81.3 Å². The van der Waals surface area contributed by atoms with E-state index in [0.717, 1.165) is 87.5 Å². The second-order valence-electron chi connectivity index (χ2n) is 19.1. The summed E-state index contributed by atoms with van der Waals surface area (Å²) in [6.45, 7) is 15.7. The van der Waals surface area contributed by atoms with Gasteiger partial charge in [-0.3, -0.25) is 28.8 Å². The Kier molecular flexibility index (Phi) is 14.3. The minimum absolute atomic E-state index is 0.0584. The summed E-state index contributed by atoms with van der Waals surface area (Å²) >= 11 is 0. The Hall–Kier alpha value is -7.86. The van der Waals surface area contributed by atoms with Crippen LogP contribution in [0.3, 0.4) is 0 Å².